The van der Waals surface area contributed by atoms with Crippen LogP contribution in [0.2, 0.25) is 0 Å². The summed E-state index contributed by atoms with van der Waals surface area (Å²) in [5.74, 6) is -1.21. The average Bonchev–Trinajstić information content (AvgIpc) is 3.16. The fourth-order valence-corrected chi connectivity index (χ4v) is 5.59. The molecule has 0 saturated heterocycles. The predicted octanol–water partition coefficient (Wildman–Crippen LogP) is 4.18. The van der Waals surface area contributed by atoms with Crippen molar-refractivity contribution in [1.29, 1.82) is 0 Å². The topological polar surface area (TPSA) is 107 Å². The second-order valence-electron chi connectivity index (χ2n) is 9.03. The van der Waals surface area contributed by atoms with Gasteiger partial charge in [0.25, 0.3) is 11.5 Å². The van der Waals surface area contributed by atoms with E-state index >= 15 is 0 Å². The molecule has 1 aliphatic rings. The summed E-state index contributed by atoms with van der Waals surface area (Å²) in [6.07, 6.45) is -13.2. The molecule has 0 bridgehead atoms. The Labute approximate surface area is 214 Å². The maximum Gasteiger partial charge on any atom is 0.430 e. The van der Waals surface area contributed by atoms with Crippen LogP contribution < -0.4 is 5.32 Å². The molecule has 3 rings (SSSR count). The van der Waals surface area contributed by atoms with Gasteiger partial charge in [-0.05, 0) is 49.2 Å². The number of aliphatic hydroxyl groups is 2. The number of alkyl halides is 6. The van der Waals surface area contributed by atoms with E-state index in [9.17, 15) is 49.8 Å². The van der Waals surface area contributed by atoms with Crippen LogP contribution in [0.5, 0.6) is 0 Å². The molecule has 0 radical (unpaired) electrons. The molecule has 1 amide bonds. The van der Waals surface area contributed by atoms with Gasteiger partial charge in [-0.1, -0.05) is 24.8 Å². The first-order valence-corrected chi connectivity index (χ1v) is 12.7. The van der Waals surface area contributed by atoms with Gasteiger partial charge >= 0.3 is 12.4 Å². The largest absolute Gasteiger partial charge is 0.430 e. The number of allylic oxidation sites excluding steroid dienone is 1. The Hall–Kier alpha value is -3.10. The molecule has 0 fully saturated rings. The van der Waals surface area contributed by atoms with Gasteiger partial charge in [0, 0.05) is 23.5 Å². The van der Waals surface area contributed by atoms with E-state index in [-0.39, 0.29) is 17.1 Å². The van der Waals surface area contributed by atoms with E-state index < -0.39 is 57.2 Å². The summed E-state index contributed by atoms with van der Waals surface area (Å²) in [7, 11) is -3.81. The maximum atomic E-state index is 13.2. The van der Waals surface area contributed by atoms with Gasteiger partial charge in [-0.15, -0.1) is 0 Å². The summed E-state index contributed by atoms with van der Waals surface area (Å²) in [6, 6.07) is 5.46. The molecule has 1 aliphatic heterocycles. The molecule has 2 atom stereocenters. The molecular weight excluding hydrogens is 542 g/mol. The van der Waals surface area contributed by atoms with Gasteiger partial charge in [0.05, 0.1) is 16.8 Å². The van der Waals surface area contributed by atoms with E-state index in [1.54, 1.807) is 11.8 Å². The Balaban J connectivity index is 1.91. The molecule has 0 aliphatic carbocycles. The van der Waals surface area contributed by atoms with Gasteiger partial charge in [0.1, 0.15) is 6.04 Å². The minimum atomic E-state index is -6.05. The molecule has 2 aromatic rings. The number of amides is 1. The summed E-state index contributed by atoms with van der Waals surface area (Å²) in [5, 5.41) is 21.4. The van der Waals surface area contributed by atoms with Gasteiger partial charge in [-0.25, -0.2) is 8.42 Å². The molecule has 14 heteroatoms. The Bertz CT molecular complexity index is 1320. The number of nitrogens with zero attached hydrogens (tertiary/aromatic N) is 1. The molecule has 0 spiro atoms. The monoisotopic (exact) mass is 566 g/mol. The van der Waals surface area contributed by atoms with Crippen molar-refractivity contribution in [2.45, 2.75) is 55.4 Å². The molecule has 2 unspecified atom stereocenters. The highest BCUT2D eigenvalue weighted by Crippen LogP contribution is 2.50. The van der Waals surface area contributed by atoms with Gasteiger partial charge in [0.2, 0.25) is 0 Å². The van der Waals surface area contributed by atoms with Crippen molar-refractivity contribution >= 4 is 21.4 Å². The van der Waals surface area contributed by atoms with Crippen molar-refractivity contribution in [2.24, 2.45) is 0 Å². The first kappa shape index (κ1) is 29.5. The van der Waals surface area contributed by atoms with E-state index in [1.165, 1.54) is 25.1 Å². The Morgan fingerprint density at radius 3 is 2.13 bits per heavy atom. The van der Waals surface area contributed by atoms with E-state index in [4.69, 9.17) is 0 Å². The Morgan fingerprint density at radius 1 is 1.11 bits per heavy atom. The standard InChI is InChI=1S/C24H24F6N2O5S/c1-13(2)32-11-15-10-18(38(36,37)12-14(3)33)8-9-19(15)20(32)21(34)31-17-6-4-16(5-7-17)22(35,23(25,26)27)24(28,29)30/h4-10,14,20,33,35H,1,11-12H2,2-3H3,(H,31,34). The number of carbonyl (C=O) groups is 1. The fourth-order valence-electron chi connectivity index (χ4n) is 4.17. The molecule has 2 aromatic carbocycles. The maximum absolute atomic E-state index is 13.2. The number of halogens is 6. The van der Waals surface area contributed by atoms with Crippen LogP contribution in [0.15, 0.2) is 59.6 Å². The average molecular weight is 567 g/mol. The lowest BCUT2D eigenvalue weighted by molar-refractivity contribution is -0.376. The number of nitrogens with one attached hydrogen (secondary N) is 1. The summed E-state index contributed by atoms with van der Waals surface area (Å²) < 4.78 is 104. The van der Waals surface area contributed by atoms with E-state index in [2.05, 4.69) is 11.9 Å². The summed E-state index contributed by atoms with van der Waals surface area (Å²) in [5.41, 5.74) is -5.38. The fraction of sp³-hybridized carbons (Fsp3) is 0.375. The number of hydrogen-bond acceptors (Lipinski definition) is 6. The zero-order valence-corrected chi connectivity index (χ0v) is 20.9. The number of carbonyl (C=O) groups excluding carboxylic acids is 1. The second-order valence-corrected chi connectivity index (χ2v) is 11.1. The number of sulfone groups is 1. The number of rotatable bonds is 7. The Morgan fingerprint density at radius 2 is 1.66 bits per heavy atom. The highest BCUT2D eigenvalue weighted by Gasteiger charge is 2.71. The van der Waals surface area contributed by atoms with E-state index in [1.807, 2.05) is 0 Å². The Kier molecular flexibility index (Phi) is 7.67. The van der Waals surface area contributed by atoms with Crippen molar-refractivity contribution in [3.63, 3.8) is 0 Å². The number of aliphatic hydroxyl groups excluding tert-OH is 1. The van der Waals surface area contributed by atoms with E-state index in [0.29, 0.717) is 29.0 Å². The molecule has 0 aromatic heterocycles. The van der Waals surface area contributed by atoms with Crippen LogP contribution in [0.4, 0.5) is 32.0 Å². The van der Waals surface area contributed by atoms with Crippen LogP contribution in [-0.2, 0) is 26.8 Å². The number of fused-ring (bicyclic) bond motifs is 1. The lowest BCUT2D eigenvalue weighted by Gasteiger charge is -2.32. The molecular formula is C24H24F6N2O5S. The lowest BCUT2D eigenvalue weighted by Crippen LogP contribution is -2.53. The summed E-state index contributed by atoms with van der Waals surface area (Å²) in [6.45, 7) is 6.84. The van der Waals surface area contributed by atoms with Crippen molar-refractivity contribution in [3.8, 4) is 0 Å². The molecule has 38 heavy (non-hydrogen) atoms. The highest BCUT2D eigenvalue weighted by atomic mass is 32.2. The lowest BCUT2D eigenvalue weighted by atomic mass is 9.92. The van der Waals surface area contributed by atoms with Crippen LogP contribution in [0.25, 0.3) is 0 Å². The van der Waals surface area contributed by atoms with Crippen LogP contribution in [0, 0.1) is 0 Å². The SMILES string of the molecule is C=C(C)N1Cc2cc(S(=O)(=O)CC(C)O)ccc2C1C(=O)Nc1ccc(C(O)(C(F)(F)F)C(F)(F)F)cc1. The minimum absolute atomic E-state index is 0.0581. The number of hydrogen-bond donors (Lipinski definition) is 3. The van der Waals surface area contributed by atoms with E-state index in [0.717, 1.165) is 12.1 Å². The molecule has 3 N–H and O–H groups in total. The van der Waals surface area contributed by atoms with Crippen LogP contribution in [0.1, 0.15) is 36.6 Å². The number of benzene rings is 2. The van der Waals surface area contributed by atoms with Crippen molar-refractivity contribution in [1.82, 2.24) is 4.90 Å². The zero-order valence-electron chi connectivity index (χ0n) is 20.1. The predicted molar refractivity (Wildman–Crippen MR) is 124 cm³/mol. The van der Waals surface area contributed by atoms with Gasteiger partial charge in [-0.2, -0.15) is 26.3 Å². The van der Waals surface area contributed by atoms with Crippen LogP contribution in [-0.4, -0.2) is 53.6 Å². The first-order chi connectivity index (χ1) is 17.3. The third-order valence-electron chi connectivity index (χ3n) is 6.01. The summed E-state index contributed by atoms with van der Waals surface area (Å²) in [4.78, 5) is 14.7. The second kappa shape index (κ2) is 9.89. The molecule has 0 saturated carbocycles. The quantitative estimate of drug-likeness (QED) is 0.435. The van der Waals surface area contributed by atoms with Gasteiger partial charge in [-0.3, -0.25) is 4.79 Å². The van der Waals surface area contributed by atoms with Crippen molar-refractivity contribution in [3.05, 3.63) is 71.4 Å². The third-order valence-corrected chi connectivity index (χ3v) is 7.90. The summed E-state index contributed by atoms with van der Waals surface area (Å²) >= 11 is 0. The van der Waals surface area contributed by atoms with Crippen molar-refractivity contribution in [2.75, 3.05) is 11.1 Å². The molecule has 1 heterocycles. The normalized spacial score (nSPS) is 17.2. The van der Waals surface area contributed by atoms with Gasteiger partial charge < -0.3 is 20.4 Å². The zero-order chi connectivity index (χ0) is 28.8. The molecule has 7 nitrogen and oxygen atoms in total. The highest BCUT2D eigenvalue weighted by molar-refractivity contribution is 7.91. The van der Waals surface area contributed by atoms with Crippen LogP contribution in [0.3, 0.4) is 0 Å². The minimum Gasteiger partial charge on any atom is -0.392 e. The molecule has 208 valence electrons. The van der Waals surface area contributed by atoms with Crippen LogP contribution >= 0.6 is 0 Å². The first-order valence-electron chi connectivity index (χ1n) is 11.0. The van der Waals surface area contributed by atoms with Gasteiger partial charge in [0.15, 0.2) is 9.84 Å². The third kappa shape index (κ3) is 5.38. The smallest absolute Gasteiger partial charge is 0.392 e. The number of anilines is 1. The van der Waals surface area contributed by atoms with Crippen molar-refractivity contribution < 1.29 is 49.8 Å².